The van der Waals surface area contributed by atoms with E-state index in [4.69, 9.17) is 0 Å². The quantitative estimate of drug-likeness (QED) is 0.816. The molecule has 0 saturated heterocycles. The molecular formula is C12H9Br2NO3S. The van der Waals surface area contributed by atoms with Crippen molar-refractivity contribution in [2.75, 3.05) is 4.72 Å². The zero-order valence-electron chi connectivity index (χ0n) is 9.47. The number of nitrogens with one attached hydrogen (secondary N) is 1. The minimum absolute atomic E-state index is 0.00215. The van der Waals surface area contributed by atoms with Crippen LogP contribution in [0.25, 0.3) is 0 Å². The Morgan fingerprint density at radius 2 is 1.79 bits per heavy atom. The second-order valence-corrected chi connectivity index (χ2v) is 7.18. The van der Waals surface area contributed by atoms with E-state index in [-0.39, 0.29) is 10.6 Å². The van der Waals surface area contributed by atoms with Gasteiger partial charge in [-0.1, -0.05) is 22.0 Å². The molecule has 2 aromatic rings. The Hall–Kier alpha value is -1.05. The molecule has 2 rings (SSSR count). The zero-order chi connectivity index (χ0) is 14.0. The highest BCUT2D eigenvalue weighted by Crippen LogP contribution is 2.28. The third kappa shape index (κ3) is 3.49. The topological polar surface area (TPSA) is 66.4 Å². The molecule has 0 aromatic heterocycles. The third-order valence-corrected chi connectivity index (χ3v) is 4.82. The van der Waals surface area contributed by atoms with Crippen molar-refractivity contribution in [2.45, 2.75) is 4.90 Å². The van der Waals surface area contributed by atoms with Gasteiger partial charge in [0, 0.05) is 15.0 Å². The lowest BCUT2D eigenvalue weighted by atomic mass is 10.3. The van der Waals surface area contributed by atoms with Gasteiger partial charge in [-0.25, -0.2) is 8.42 Å². The van der Waals surface area contributed by atoms with Crippen molar-refractivity contribution in [3.05, 3.63) is 51.4 Å². The summed E-state index contributed by atoms with van der Waals surface area (Å²) in [4.78, 5) is 0.00215. The molecule has 2 aromatic carbocycles. The summed E-state index contributed by atoms with van der Waals surface area (Å²) in [5.41, 5.74) is 0.423. The van der Waals surface area contributed by atoms with Gasteiger partial charge < -0.3 is 5.11 Å². The molecule has 0 unspecified atom stereocenters. The number of phenolic OH excluding ortho intramolecular Hbond substituents is 1. The van der Waals surface area contributed by atoms with E-state index in [0.29, 0.717) is 10.2 Å². The summed E-state index contributed by atoms with van der Waals surface area (Å²) >= 11 is 6.57. The number of anilines is 1. The molecule has 0 radical (unpaired) electrons. The molecule has 0 spiro atoms. The van der Waals surface area contributed by atoms with E-state index in [1.165, 1.54) is 24.3 Å². The SMILES string of the molecule is O=S(=O)(Nc1ccc(Br)cc1Br)c1cccc(O)c1. The van der Waals surface area contributed by atoms with Crippen LogP contribution in [0.2, 0.25) is 0 Å². The molecule has 0 bridgehead atoms. The minimum atomic E-state index is -3.73. The summed E-state index contributed by atoms with van der Waals surface area (Å²) in [5, 5.41) is 9.33. The molecule has 100 valence electrons. The fourth-order valence-electron chi connectivity index (χ4n) is 1.43. The molecule has 0 amide bonds. The van der Waals surface area contributed by atoms with E-state index in [1.807, 2.05) is 0 Å². The van der Waals surface area contributed by atoms with E-state index in [9.17, 15) is 13.5 Å². The van der Waals surface area contributed by atoms with Crippen LogP contribution in [0.15, 0.2) is 56.3 Å². The van der Waals surface area contributed by atoms with Crippen molar-refractivity contribution in [2.24, 2.45) is 0 Å². The number of aromatic hydroxyl groups is 1. The number of sulfonamides is 1. The van der Waals surface area contributed by atoms with Crippen molar-refractivity contribution in [3.63, 3.8) is 0 Å². The van der Waals surface area contributed by atoms with Crippen LogP contribution in [0.3, 0.4) is 0 Å². The molecule has 0 heterocycles. The van der Waals surface area contributed by atoms with Crippen molar-refractivity contribution >= 4 is 47.6 Å². The first kappa shape index (κ1) is 14.4. The van der Waals surface area contributed by atoms with Crippen LogP contribution >= 0.6 is 31.9 Å². The van der Waals surface area contributed by atoms with Crippen LogP contribution in [0.1, 0.15) is 0 Å². The largest absolute Gasteiger partial charge is 0.508 e. The molecule has 0 aliphatic heterocycles. The highest BCUT2D eigenvalue weighted by Gasteiger charge is 2.16. The Morgan fingerprint density at radius 1 is 1.05 bits per heavy atom. The maximum atomic E-state index is 12.1. The van der Waals surface area contributed by atoms with Gasteiger partial charge in [0.2, 0.25) is 0 Å². The second kappa shape index (κ2) is 5.52. The molecule has 0 aliphatic rings. The Labute approximate surface area is 127 Å². The summed E-state index contributed by atoms with van der Waals surface area (Å²) in [6.45, 7) is 0. The maximum Gasteiger partial charge on any atom is 0.262 e. The van der Waals surface area contributed by atoms with E-state index in [0.717, 1.165) is 4.47 Å². The van der Waals surface area contributed by atoms with Crippen LogP contribution in [-0.4, -0.2) is 13.5 Å². The van der Waals surface area contributed by atoms with Gasteiger partial charge in [0.25, 0.3) is 10.0 Å². The number of rotatable bonds is 3. The molecule has 0 saturated carbocycles. The van der Waals surface area contributed by atoms with Crippen LogP contribution < -0.4 is 4.72 Å². The van der Waals surface area contributed by atoms with Gasteiger partial charge in [-0.05, 0) is 46.3 Å². The predicted molar refractivity (Wildman–Crippen MR) is 80.8 cm³/mol. The lowest BCUT2D eigenvalue weighted by Crippen LogP contribution is -2.13. The smallest absolute Gasteiger partial charge is 0.262 e. The Balaban J connectivity index is 2.36. The zero-order valence-corrected chi connectivity index (χ0v) is 13.5. The lowest BCUT2D eigenvalue weighted by molar-refractivity contribution is 0.473. The first-order valence-electron chi connectivity index (χ1n) is 5.15. The van der Waals surface area contributed by atoms with Crippen molar-refractivity contribution < 1.29 is 13.5 Å². The van der Waals surface area contributed by atoms with E-state index in [1.54, 1.807) is 18.2 Å². The normalized spacial score (nSPS) is 11.3. The molecule has 19 heavy (non-hydrogen) atoms. The predicted octanol–water partition coefficient (Wildman–Crippen LogP) is 3.72. The molecule has 0 aliphatic carbocycles. The van der Waals surface area contributed by atoms with E-state index < -0.39 is 10.0 Å². The maximum absolute atomic E-state index is 12.1. The molecule has 7 heteroatoms. The van der Waals surface area contributed by atoms with Gasteiger partial charge in [0.15, 0.2) is 0 Å². The van der Waals surface area contributed by atoms with Crippen LogP contribution in [0.4, 0.5) is 5.69 Å². The monoisotopic (exact) mass is 405 g/mol. The van der Waals surface area contributed by atoms with Crippen molar-refractivity contribution in [1.29, 1.82) is 0 Å². The number of benzene rings is 2. The van der Waals surface area contributed by atoms with E-state index in [2.05, 4.69) is 36.6 Å². The third-order valence-electron chi connectivity index (χ3n) is 2.30. The van der Waals surface area contributed by atoms with Crippen molar-refractivity contribution in [3.8, 4) is 5.75 Å². The average molecular weight is 407 g/mol. The van der Waals surface area contributed by atoms with Gasteiger partial charge in [0.05, 0.1) is 10.6 Å². The number of phenols is 1. The number of halogens is 2. The Kier molecular flexibility index (Phi) is 4.17. The summed E-state index contributed by atoms with van der Waals surface area (Å²) in [6, 6.07) is 10.6. The summed E-state index contributed by atoms with van der Waals surface area (Å²) in [7, 11) is -3.73. The molecule has 0 fully saturated rings. The van der Waals surface area contributed by atoms with Gasteiger partial charge in [0.1, 0.15) is 5.75 Å². The first-order valence-corrected chi connectivity index (χ1v) is 8.22. The van der Waals surface area contributed by atoms with Gasteiger partial charge in [-0.15, -0.1) is 0 Å². The van der Waals surface area contributed by atoms with Gasteiger partial charge in [-0.2, -0.15) is 0 Å². The number of hydrogen-bond donors (Lipinski definition) is 2. The fourth-order valence-corrected chi connectivity index (χ4v) is 3.82. The minimum Gasteiger partial charge on any atom is -0.508 e. The highest BCUT2D eigenvalue weighted by atomic mass is 79.9. The fraction of sp³-hybridized carbons (Fsp3) is 0. The summed E-state index contributed by atoms with van der Waals surface area (Å²) in [6.07, 6.45) is 0. The second-order valence-electron chi connectivity index (χ2n) is 3.73. The van der Waals surface area contributed by atoms with Gasteiger partial charge >= 0.3 is 0 Å². The van der Waals surface area contributed by atoms with Crippen LogP contribution in [0.5, 0.6) is 5.75 Å². The molecule has 0 atom stereocenters. The van der Waals surface area contributed by atoms with Crippen molar-refractivity contribution in [1.82, 2.24) is 0 Å². The van der Waals surface area contributed by atoms with E-state index >= 15 is 0 Å². The standard InChI is InChI=1S/C12H9Br2NO3S/c13-8-4-5-12(11(14)6-8)15-19(17,18)10-3-1-2-9(16)7-10/h1-7,15-16H. The average Bonchev–Trinajstić information content (AvgIpc) is 2.33. The molecular weight excluding hydrogens is 398 g/mol. The summed E-state index contributed by atoms with van der Waals surface area (Å²) < 4.78 is 28.2. The lowest BCUT2D eigenvalue weighted by Gasteiger charge is -2.10. The van der Waals surface area contributed by atoms with Gasteiger partial charge in [-0.3, -0.25) is 4.72 Å². The highest BCUT2D eigenvalue weighted by molar-refractivity contribution is 9.11. The van der Waals surface area contributed by atoms with Crippen LogP contribution in [-0.2, 0) is 10.0 Å². The Bertz CT molecular complexity index is 717. The summed E-state index contributed by atoms with van der Waals surface area (Å²) in [5.74, 6) is -0.0993. The molecule has 2 N–H and O–H groups in total. The molecule has 4 nitrogen and oxygen atoms in total. The Morgan fingerprint density at radius 3 is 2.42 bits per heavy atom. The first-order chi connectivity index (χ1) is 8.88. The number of hydrogen-bond acceptors (Lipinski definition) is 3. The van der Waals surface area contributed by atoms with Crippen LogP contribution in [0, 0.1) is 0 Å².